The Hall–Kier alpha value is -0.900. The lowest BCUT2D eigenvalue weighted by Crippen LogP contribution is -2.41. The SMILES string of the molecule is CC1(C)C2C(=O)N(CC(O)C3CC3)C(=O)C21. The van der Waals surface area contributed by atoms with Crippen LogP contribution >= 0.6 is 0 Å². The van der Waals surface area contributed by atoms with Crippen molar-refractivity contribution in [3.8, 4) is 0 Å². The molecule has 1 aliphatic heterocycles. The second-order valence-electron chi connectivity index (χ2n) is 5.97. The third-order valence-corrected chi connectivity index (χ3v) is 4.43. The van der Waals surface area contributed by atoms with Crippen LogP contribution in [0.15, 0.2) is 0 Å². The van der Waals surface area contributed by atoms with Gasteiger partial charge in [0, 0.05) is 0 Å². The van der Waals surface area contributed by atoms with Gasteiger partial charge >= 0.3 is 0 Å². The maximum atomic E-state index is 11.9. The lowest BCUT2D eigenvalue weighted by atomic mass is 10.1. The number of fused-ring (bicyclic) bond motifs is 1. The summed E-state index contributed by atoms with van der Waals surface area (Å²) in [7, 11) is 0. The van der Waals surface area contributed by atoms with E-state index in [1.54, 1.807) is 0 Å². The van der Waals surface area contributed by atoms with Gasteiger partial charge in [0.2, 0.25) is 11.8 Å². The van der Waals surface area contributed by atoms with Crippen molar-refractivity contribution in [2.45, 2.75) is 32.8 Å². The van der Waals surface area contributed by atoms with Gasteiger partial charge in [-0.05, 0) is 24.2 Å². The zero-order chi connectivity index (χ0) is 11.7. The number of piperidine rings is 1. The van der Waals surface area contributed by atoms with Gasteiger partial charge in [0.05, 0.1) is 24.5 Å². The lowest BCUT2D eigenvalue weighted by molar-refractivity contribution is -0.144. The molecule has 3 fully saturated rings. The van der Waals surface area contributed by atoms with E-state index >= 15 is 0 Å². The first-order valence-corrected chi connectivity index (χ1v) is 5.98. The number of rotatable bonds is 3. The van der Waals surface area contributed by atoms with Crippen LogP contribution in [0.2, 0.25) is 0 Å². The Morgan fingerprint density at radius 2 is 1.81 bits per heavy atom. The number of β-amino-alcohol motifs (C(OH)–C–C–N with tert-alkyl or cyclic N) is 1. The second-order valence-corrected chi connectivity index (χ2v) is 5.97. The standard InChI is InChI=1S/C12H17NO3/c1-12(2)8-9(12)11(16)13(10(8)15)5-7(14)6-3-4-6/h6-9,14H,3-5H2,1-2H3. The van der Waals surface area contributed by atoms with Gasteiger partial charge < -0.3 is 5.11 Å². The van der Waals surface area contributed by atoms with Crippen molar-refractivity contribution < 1.29 is 14.7 Å². The number of nitrogens with zero attached hydrogens (tertiary/aromatic N) is 1. The maximum Gasteiger partial charge on any atom is 0.233 e. The summed E-state index contributed by atoms with van der Waals surface area (Å²) in [6.45, 7) is 4.14. The number of aliphatic hydroxyl groups is 1. The first-order valence-electron chi connectivity index (χ1n) is 5.98. The van der Waals surface area contributed by atoms with Gasteiger partial charge in [-0.1, -0.05) is 13.8 Å². The average molecular weight is 223 g/mol. The number of hydrogen-bond acceptors (Lipinski definition) is 3. The van der Waals surface area contributed by atoms with Crippen molar-refractivity contribution in [2.24, 2.45) is 23.2 Å². The van der Waals surface area contributed by atoms with E-state index < -0.39 is 6.10 Å². The topological polar surface area (TPSA) is 57.6 Å². The molecule has 3 unspecified atom stereocenters. The number of amides is 2. The van der Waals surface area contributed by atoms with E-state index in [-0.39, 0.29) is 35.6 Å². The first kappa shape index (κ1) is 10.3. The Bertz CT molecular complexity index is 348. The van der Waals surface area contributed by atoms with Crippen LogP contribution in [0.3, 0.4) is 0 Å². The Kier molecular flexibility index (Phi) is 1.83. The highest BCUT2D eigenvalue weighted by atomic mass is 16.3. The maximum absolute atomic E-state index is 11.9. The Labute approximate surface area is 94.6 Å². The third-order valence-electron chi connectivity index (χ3n) is 4.43. The monoisotopic (exact) mass is 223 g/mol. The number of aliphatic hydroxyl groups excluding tert-OH is 1. The Morgan fingerprint density at radius 1 is 1.31 bits per heavy atom. The molecule has 0 radical (unpaired) electrons. The molecule has 0 bridgehead atoms. The van der Waals surface area contributed by atoms with Gasteiger partial charge in [-0.3, -0.25) is 14.5 Å². The minimum Gasteiger partial charge on any atom is -0.391 e. The molecule has 1 saturated heterocycles. The number of hydrogen-bond donors (Lipinski definition) is 1. The summed E-state index contributed by atoms with van der Waals surface area (Å²) < 4.78 is 0. The van der Waals surface area contributed by atoms with Crippen LogP contribution in [0, 0.1) is 23.2 Å². The molecule has 2 aliphatic carbocycles. The van der Waals surface area contributed by atoms with Gasteiger partial charge in [-0.2, -0.15) is 0 Å². The van der Waals surface area contributed by atoms with Crippen molar-refractivity contribution in [3.63, 3.8) is 0 Å². The fourth-order valence-electron chi connectivity index (χ4n) is 3.00. The van der Waals surface area contributed by atoms with Crippen LogP contribution in [-0.2, 0) is 9.59 Å². The zero-order valence-electron chi connectivity index (χ0n) is 9.64. The van der Waals surface area contributed by atoms with E-state index in [2.05, 4.69) is 0 Å². The molecular weight excluding hydrogens is 206 g/mol. The molecule has 88 valence electrons. The molecule has 0 spiro atoms. The summed E-state index contributed by atoms with van der Waals surface area (Å²) in [6, 6.07) is 0. The van der Waals surface area contributed by atoms with Crippen LogP contribution in [0.1, 0.15) is 26.7 Å². The van der Waals surface area contributed by atoms with Crippen LogP contribution in [0.5, 0.6) is 0 Å². The molecule has 0 aromatic rings. The van der Waals surface area contributed by atoms with Gasteiger partial charge in [0.1, 0.15) is 0 Å². The predicted octanol–water partition coefficient (Wildman–Crippen LogP) is 0.398. The van der Waals surface area contributed by atoms with Crippen molar-refractivity contribution in [1.29, 1.82) is 0 Å². The summed E-state index contributed by atoms with van der Waals surface area (Å²) in [6.07, 6.45) is 1.54. The van der Waals surface area contributed by atoms with Crippen molar-refractivity contribution >= 4 is 11.8 Å². The summed E-state index contributed by atoms with van der Waals surface area (Å²) in [5, 5.41) is 9.77. The van der Waals surface area contributed by atoms with Crippen molar-refractivity contribution in [2.75, 3.05) is 6.54 Å². The van der Waals surface area contributed by atoms with E-state index in [9.17, 15) is 14.7 Å². The highest BCUT2D eigenvalue weighted by Crippen LogP contribution is 2.63. The van der Waals surface area contributed by atoms with Crippen molar-refractivity contribution in [1.82, 2.24) is 4.90 Å². The van der Waals surface area contributed by atoms with Crippen LogP contribution < -0.4 is 0 Å². The molecule has 2 amide bonds. The van der Waals surface area contributed by atoms with Crippen LogP contribution in [-0.4, -0.2) is 34.5 Å². The van der Waals surface area contributed by atoms with Crippen LogP contribution in [0.4, 0.5) is 0 Å². The largest absolute Gasteiger partial charge is 0.391 e. The summed E-state index contributed by atoms with van der Waals surface area (Å²) >= 11 is 0. The lowest BCUT2D eigenvalue weighted by Gasteiger charge is -2.23. The Balaban J connectivity index is 1.70. The van der Waals surface area contributed by atoms with E-state index in [0.29, 0.717) is 5.92 Å². The molecule has 0 aromatic carbocycles. The van der Waals surface area contributed by atoms with Gasteiger partial charge in [0.25, 0.3) is 0 Å². The number of likely N-dealkylation sites (tertiary alicyclic amines) is 1. The second kappa shape index (κ2) is 2.86. The zero-order valence-corrected chi connectivity index (χ0v) is 9.64. The highest BCUT2D eigenvalue weighted by molar-refractivity contribution is 6.10. The fourth-order valence-corrected chi connectivity index (χ4v) is 3.00. The van der Waals surface area contributed by atoms with Crippen LogP contribution in [0.25, 0.3) is 0 Å². The molecule has 1 N–H and O–H groups in total. The third kappa shape index (κ3) is 1.19. The van der Waals surface area contributed by atoms with E-state index in [1.807, 2.05) is 13.8 Å². The molecule has 3 atom stereocenters. The molecule has 1 heterocycles. The van der Waals surface area contributed by atoms with E-state index in [4.69, 9.17) is 0 Å². The quantitative estimate of drug-likeness (QED) is 0.704. The summed E-state index contributed by atoms with van der Waals surface area (Å²) in [4.78, 5) is 25.2. The predicted molar refractivity (Wildman–Crippen MR) is 56.2 cm³/mol. The number of imide groups is 1. The molecule has 0 aromatic heterocycles. The molecule has 4 heteroatoms. The molecule has 4 nitrogen and oxygen atoms in total. The van der Waals surface area contributed by atoms with Gasteiger partial charge in [0.15, 0.2) is 0 Å². The normalized spacial score (nSPS) is 37.6. The number of carbonyl (C=O) groups is 2. The summed E-state index contributed by atoms with van der Waals surface area (Å²) in [5.74, 6) is -0.0669. The van der Waals surface area contributed by atoms with E-state index in [0.717, 1.165) is 12.8 Å². The molecule has 3 rings (SSSR count). The Morgan fingerprint density at radius 3 is 2.25 bits per heavy atom. The molecule has 16 heavy (non-hydrogen) atoms. The molecular formula is C12H17NO3. The van der Waals surface area contributed by atoms with Gasteiger partial charge in [-0.15, -0.1) is 0 Å². The van der Waals surface area contributed by atoms with Crippen molar-refractivity contribution in [3.05, 3.63) is 0 Å². The minimum atomic E-state index is -0.506. The number of carbonyl (C=O) groups excluding carboxylic acids is 2. The first-order chi connectivity index (χ1) is 7.44. The minimum absolute atomic E-state index is 0.0697. The molecule has 2 saturated carbocycles. The smallest absolute Gasteiger partial charge is 0.233 e. The molecule has 3 aliphatic rings. The highest BCUT2D eigenvalue weighted by Gasteiger charge is 2.72. The average Bonchev–Trinajstić information content (AvgIpc) is 3.05. The summed E-state index contributed by atoms with van der Waals surface area (Å²) in [5.41, 5.74) is -0.144. The van der Waals surface area contributed by atoms with Gasteiger partial charge in [-0.25, -0.2) is 0 Å². The van der Waals surface area contributed by atoms with E-state index in [1.165, 1.54) is 4.90 Å². The fraction of sp³-hybridized carbons (Fsp3) is 0.833.